The van der Waals surface area contributed by atoms with E-state index in [4.69, 9.17) is 4.74 Å². The van der Waals surface area contributed by atoms with Gasteiger partial charge in [-0.3, -0.25) is 4.79 Å². The van der Waals surface area contributed by atoms with E-state index in [2.05, 4.69) is 15.6 Å². The molecule has 9 nitrogen and oxygen atoms in total. The van der Waals surface area contributed by atoms with Gasteiger partial charge >= 0.3 is 6.03 Å². The Bertz CT molecular complexity index is 861. The minimum Gasteiger partial charge on any atom is -0.492 e. The number of likely N-dealkylation sites (tertiary alicyclic amines) is 2. The Kier molecular flexibility index (Phi) is 5.14. The van der Waals surface area contributed by atoms with Crippen molar-refractivity contribution < 1.29 is 14.3 Å². The highest BCUT2D eigenvalue weighted by atomic mass is 16.5. The maximum absolute atomic E-state index is 12.5. The highest BCUT2D eigenvalue weighted by Gasteiger charge is 2.33. The van der Waals surface area contributed by atoms with Crippen LogP contribution < -0.4 is 10.1 Å². The number of nitrogens with zero attached hydrogens (tertiary/aromatic N) is 5. The summed E-state index contributed by atoms with van der Waals surface area (Å²) in [5.41, 5.74) is 1.44. The average molecular weight is 384 g/mol. The van der Waals surface area contributed by atoms with Crippen LogP contribution in [0.3, 0.4) is 0 Å². The molecule has 2 saturated heterocycles. The van der Waals surface area contributed by atoms with Crippen LogP contribution in [0.4, 0.5) is 10.5 Å². The molecule has 148 valence electrons. The number of ether oxygens (including phenoxy) is 1. The van der Waals surface area contributed by atoms with Gasteiger partial charge in [0.25, 0.3) is 0 Å². The molecule has 0 saturated carbocycles. The molecule has 1 aromatic carbocycles. The number of benzene rings is 1. The Hall–Kier alpha value is -3.10. The number of rotatable bonds is 6. The van der Waals surface area contributed by atoms with Crippen LogP contribution in [-0.4, -0.2) is 63.0 Å². The van der Waals surface area contributed by atoms with Gasteiger partial charge < -0.3 is 19.9 Å². The number of amides is 3. The second kappa shape index (κ2) is 7.87. The number of urea groups is 1. The molecule has 9 heteroatoms. The number of hydrogen-bond acceptors (Lipinski definition) is 5. The largest absolute Gasteiger partial charge is 0.492 e. The zero-order chi connectivity index (χ0) is 19.5. The van der Waals surface area contributed by atoms with Crippen molar-refractivity contribution in [2.75, 3.05) is 31.6 Å². The lowest BCUT2D eigenvalue weighted by Crippen LogP contribution is -2.52. The monoisotopic (exact) mass is 384 g/mol. The summed E-state index contributed by atoms with van der Waals surface area (Å²) >= 11 is 0. The number of nitrogens with one attached hydrogen (secondary N) is 1. The number of aromatic nitrogens is 3. The summed E-state index contributed by atoms with van der Waals surface area (Å²) in [6.07, 6.45) is 3.40. The summed E-state index contributed by atoms with van der Waals surface area (Å²) in [7, 11) is 0. The van der Waals surface area contributed by atoms with E-state index in [9.17, 15) is 9.59 Å². The Labute approximate surface area is 163 Å². The van der Waals surface area contributed by atoms with Crippen LogP contribution >= 0.6 is 0 Å². The second-order valence-electron chi connectivity index (χ2n) is 7.03. The predicted octanol–water partition coefficient (Wildman–Crippen LogP) is 1.89. The average Bonchev–Trinajstić information content (AvgIpc) is 3.26. The Morgan fingerprint density at radius 3 is 2.89 bits per heavy atom. The lowest BCUT2D eigenvalue weighted by Gasteiger charge is -2.38. The van der Waals surface area contributed by atoms with Crippen molar-refractivity contribution in [3.8, 4) is 5.75 Å². The minimum absolute atomic E-state index is 0.100. The summed E-state index contributed by atoms with van der Waals surface area (Å²) in [6.45, 7) is 4.86. The molecule has 0 aliphatic carbocycles. The lowest BCUT2D eigenvalue weighted by molar-refractivity contribution is -0.128. The second-order valence-corrected chi connectivity index (χ2v) is 7.03. The fraction of sp³-hybridized carbons (Fsp3) is 0.474. The first-order valence-electron chi connectivity index (χ1n) is 9.60. The van der Waals surface area contributed by atoms with Crippen LogP contribution in [0.25, 0.3) is 0 Å². The van der Waals surface area contributed by atoms with E-state index in [-0.39, 0.29) is 18.0 Å². The molecule has 1 N–H and O–H groups in total. The van der Waals surface area contributed by atoms with E-state index in [0.717, 1.165) is 18.7 Å². The Morgan fingerprint density at radius 2 is 2.14 bits per heavy atom. The van der Waals surface area contributed by atoms with Crippen molar-refractivity contribution in [1.82, 2.24) is 24.8 Å². The highest BCUT2D eigenvalue weighted by Crippen LogP contribution is 2.26. The molecule has 0 atom stereocenters. The van der Waals surface area contributed by atoms with E-state index in [1.165, 1.54) is 0 Å². The molecule has 0 spiro atoms. The fourth-order valence-corrected chi connectivity index (χ4v) is 3.47. The van der Waals surface area contributed by atoms with Gasteiger partial charge in [-0.05, 0) is 25.5 Å². The van der Waals surface area contributed by atoms with Crippen molar-refractivity contribution in [2.24, 2.45) is 0 Å². The van der Waals surface area contributed by atoms with Crippen molar-refractivity contribution in [1.29, 1.82) is 0 Å². The predicted molar refractivity (Wildman–Crippen MR) is 102 cm³/mol. The molecule has 3 heterocycles. The van der Waals surface area contributed by atoms with Gasteiger partial charge in [0.1, 0.15) is 11.4 Å². The van der Waals surface area contributed by atoms with Gasteiger partial charge in [0.15, 0.2) is 0 Å². The van der Waals surface area contributed by atoms with E-state index >= 15 is 0 Å². The van der Waals surface area contributed by atoms with Crippen molar-refractivity contribution in [3.63, 3.8) is 0 Å². The van der Waals surface area contributed by atoms with Gasteiger partial charge in [-0.2, -0.15) is 0 Å². The lowest BCUT2D eigenvalue weighted by atomic mass is 10.1. The van der Waals surface area contributed by atoms with Crippen LogP contribution in [0.2, 0.25) is 0 Å². The molecule has 0 unspecified atom stereocenters. The van der Waals surface area contributed by atoms with Gasteiger partial charge in [0.05, 0.1) is 31.1 Å². The summed E-state index contributed by atoms with van der Waals surface area (Å²) in [4.78, 5) is 27.7. The number of para-hydroxylation sites is 2. The molecule has 2 aromatic rings. The Morgan fingerprint density at radius 1 is 1.32 bits per heavy atom. The van der Waals surface area contributed by atoms with E-state index in [0.29, 0.717) is 44.1 Å². The van der Waals surface area contributed by atoms with Crippen LogP contribution in [0.5, 0.6) is 5.75 Å². The third kappa shape index (κ3) is 3.78. The zero-order valence-corrected chi connectivity index (χ0v) is 15.9. The molecular formula is C19H24N6O3. The molecule has 28 heavy (non-hydrogen) atoms. The molecular weight excluding hydrogens is 360 g/mol. The summed E-state index contributed by atoms with van der Waals surface area (Å²) in [5.74, 6) is 0.834. The highest BCUT2D eigenvalue weighted by molar-refractivity contribution is 5.91. The van der Waals surface area contributed by atoms with Gasteiger partial charge in [0.2, 0.25) is 5.91 Å². The van der Waals surface area contributed by atoms with E-state index < -0.39 is 0 Å². The molecule has 3 amide bonds. The number of carbonyl (C=O) groups is 2. The van der Waals surface area contributed by atoms with Crippen LogP contribution in [0, 0.1) is 0 Å². The molecule has 4 rings (SSSR count). The van der Waals surface area contributed by atoms with Gasteiger partial charge in [-0.1, -0.05) is 17.3 Å². The maximum atomic E-state index is 12.5. The van der Waals surface area contributed by atoms with Crippen molar-refractivity contribution in [3.05, 3.63) is 36.2 Å². The fourth-order valence-electron chi connectivity index (χ4n) is 3.47. The van der Waals surface area contributed by atoms with Crippen LogP contribution in [0.15, 0.2) is 30.5 Å². The van der Waals surface area contributed by atoms with E-state index in [1.807, 2.05) is 42.3 Å². The Balaban J connectivity index is 1.30. The van der Waals surface area contributed by atoms with Gasteiger partial charge in [0, 0.05) is 26.1 Å². The third-order valence-electron chi connectivity index (χ3n) is 5.03. The molecule has 0 bridgehead atoms. The van der Waals surface area contributed by atoms with Gasteiger partial charge in [-0.15, -0.1) is 5.10 Å². The van der Waals surface area contributed by atoms with Crippen LogP contribution in [-0.2, 0) is 11.3 Å². The molecule has 2 fully saturated rings. The maximum Gasteiger partial charge on any atom is 0.322 e. The van der Waals surface area contributed by atoms with Crippen LogP contribution in [0.1, 0.15) is 31.5 Å². The zero-order valence-electron chi connectivity index (χ0n) is 15.9. The summed E-state index contributed by atoms with van der Waals surface area (Å²) in [5, 5.41) is 11.2. The first-order valence-corrected chi connectivity index (χ1v) is 9.60. The first-order chi connectivity index (χ1) is 13.6. The summed E-state index contributed by atoms with van der Waals surface area (Å²) < 4.78 is 7.33. The third-order valence-corrected chi connectivity index (χ3v) is 5.03. The minimum atomic E-state index is -0.161. The molecule has 1 aromatic heterocycles. The SMILES string of the molecule is CCOc1ccccc1NC(=O)N1CC(n2cc(CN3CCCC3=O)nn2)C1. The standard InChI is InChI=1S/C19H24N6O3/c1-2-28-17-7-4-3-6-16(17)20-19(27)24-12-15(13-24)25-11-14(21-22-25)10-23-9-5-8-18(23)26/h3-4,6-7,11,15H,2,5,8-10,12-13H2,1H3,(H,20,27). The topological polar surface area (TPSA) is 92.6 Å². The normalized spacial score (nSPS) is 17.0. The molecule has 2 aliphatic rings. The van der Waals surface area contributed by atoms with Crippen molar-refractivity contribution >= 4 is 17.6 Å². The van der Waals surface area contributed by atoms with Gasteiger partial charge in [-0.25, -0.2) is 9.48 Å². The number of anilines is 1. The quantitative estimate of drug-likeness (QED) is 0.821. The molecule has 0 radical (unpaired) electrons. The summed E-state index contributed by atoms with van der Waals surface area (Å²) in [6, 6.07) is 7.33. The number of carbonyl (C=O) groups excluding carboxylic acids is 2. The van der Waals surface area contributed by atoms with E-state index in [1.54, 1.807) is 9.58 Å². The molecule has 2 aliphatic heterocycles. The van der Waals surface area contributed by atoms with Crippen molar-refractivity contribution in [2.45, 2.75) is 32.4 Å². The first kappa shape index (κ1) is 18.3. The smallest absolute Gasteiger partial charge is 0.322 e. The number of hydrogen-bond donors (Lipinski definition) is 1.